The van der Waals surface area contributed by atoms with E-state index in [2.05, 4.69) is 23.3 Å². The fourth-order valence-corrected chi connectivity index (χ4v) is 4.04. The average Bonchev–Trinajstić information content (AvgIpc) is 3.41. The molecule has 0 spiro atoms. The van der Waals surface area contributed by atoms with Gasteiger partial charge >= 0.3 is 5.97 Å². The number of hydrogen-bond donors (Lipinski definition) is 0. The van der Waals surface area contributed by atoms with Gasteiger partial charge < -0.3 is 14.0 Å². The van der Waals surface area contributed by atoms with Gasteiger partial charge in [-0.15, -0.1) is 5.10 Å². The highest BCUT2D eigenvalue weighted by Crippen LogP contribution is 2.40. The van der Waals surface area contributed by atoms with Gasteiger partial charge in [0.05, 0.1) is 18.9 Å². The lowest BCUT2D eigenvalue weighted by Gasteiger charge is -2.13. The zero-order valence-electron chi connectivity index (χ0n) is 18.0. The Hall–Kier alpha value is -4.13. The van der Waals surface area contributed by atoms with Crippen LogP contribution in [-0.2, 0) is 6.42 Å². The maximum Gasteiger partial charge on any atom is 0.369 e. The van der Waals surface area contributed by atoms with Crippen molar-refractivity contribution in [3.63, 3.8) is 0 Å². The molecule has 7 heteroatoms. The van der Waals surface area contributed by atoms with Gasteiger partial charge in [-0.25, -0.2) is 4.79 Å². The van der Waals surface area contributed by atoms with Gasteiger partial charge in [0.25, 0.3) is 0 Å². The molecule has 0 saturated heterocycles. The van der Waals surface area contributed by atoms with Crippen LogP contribution in [0.1, 0.15) is 28.4 Å². The summed E-state index contributed by atoms with van der Waals surface area (Å²) in [7, 11) is 1.62. The quantitative estimate of drug-likeness (QED) is 0.368. The number of carbonyl (C=O) groups excluding carboxylic acids is 1. The van der Waals surface area contributed by atoms with Gasteiger partial charge in [-0.2, -0.15) is 0 Å². The minimum absolute atomic E-state index is 0.314. The molecule has 7 nitrogen and oxygen atoms in total. The van der Waals surface area contributed by atoms with E-state index >= 15 is 0 Å². The van der Waals surface area contributed by atoms with Crippen molar-refractivity contribution in [2.75, 3.05) is 7.11 Å². The first kappa shape index (κ1) is 19.8. The summed E-state index contributed by atoms with van der Waals surface area (Å²) < 4.78 is 11.6. The third kappa shape index (κ3) is 3.10. The molecule has 2 heterocycles. The number of aryl methyl sites for hydroxylation is 2. The number of hydrogen-bond acceptors (Lipinski definition) is 6. The molecule has 32 heavy (non-hydrogen) atoms. The number of ether oxygens (including phenoxy) is 1. The molecule has 3 aromatic carbocycles. The lowest BCUT2D eigenvalue weighted by molar-refractivity contribution is 0.0408. The normalized spacial score (nSPS) is 11.2. The fraction of sp³-hybridized carbons (Fsp3) is 0.160. The average molecular weight is 427 g/mol. The molecule has 5 rings (SSSR count). The van der Waals surface area contributed by atoms with E-state index in [1.165, 1.54) is 11.8 Å². The van der Waals surface area contributed by atoms with Gasteiger partial charge in [0.1, 0.15) is 22.3 Å². The zero-order chi connectivity index (χ0) is 22.2. The van der Waals surface area contributed by atoms with Crippen molar-refractivity contribution in [2.24, 2.45) is 0 Å². The highest BCUT2D eigenvalue weighted by Gasteiger charge is 2.26. The zero-order valence-corrected chi connectivity index (χ0v) is 18.0. The van der Waals surface area contributed by atoms with Crippen LogP contribution in [0, 0.1) is 6.92 Å². The lowest BCUT2D eigenvalue weighted by Crippen LogP contribution is -2.21. The standard InChI is InChI=1S/C25H21N3O4/c1-4-16-8-7-9-18-17(16)12-13-19(23(18)30-3)24-22(15(2)14-31-24)25(29)32-28-21-11-6-5-10-20(21)26-27-28/h5-14H,4H2,1-3H3. The molecule has 2 aromatic heterocycles. The van der Waals surface area contributed by atoms with Gasteiger partial charge in [0.15, 0.2) is 5.76 Å². The molecule has 0 aliphatic heterocycles. The van der Waals surface area contributed by atoms with E-state index < -0.39 is 5.97 Å². The third-order valence-corrected chi connectivity index (χ3v) is 5.60. The summed E-state index contributed by atoms with van der Waals surface area (Å²) in [5, 5.41) is 10.0. The molecular weight excluding hydrogens is 406 g/mol. The van der Waals surface area contributed by atoms with Crippen LogP contribution in [0.2, 0.25) is 0 Å². The maximum absolute atomic E-state index is 13.2. The fourth-order valence-electron chi connectivity index (χ4n) is 4.04. The number of para-hydroxylation sites is 1. The van der Waals surface area contributed by atoms with E-state index in [4.69, 9.17) is 14.0 Å². The van der Waals surface area contributed by atoms with E-state index in [-0.39, 0.29) is 0 Å². The second kappa shape index (κ2) is 7.85. The highest BCUT2D eigenvalue weighted by molar-refractivity contribution is 6.02. The largest absolute Gasteiger partial charge is 0.495 e. The van der Waals surface area contributed by atoms with E-state index in [0.29, 0.717) is 39.2 Å². The Morgan fingerprint density at radius 3 is 2.72 bits per heavy atom. The molecule has 0 unspecified atom stereocenters. The topological polar surface area (TPSA) is 79.4 Å². The Morgan fingerprint density at radius 1 is 1.06 bits per heavy atom. The van der Waals surface area contributed by atoms with Crippen molar-refractivity contribution in [3.05, 3.63) is 77.6 Å². The van der Waals surface area contributed by atoms with Crippen molar-refractivity contribution in [1.29, 1.82) is 0 Å². The second-order valence-electron chi connectivity index (χ2n) is 7.46. The van der Waals surface area contributed by atoms with Crippen molar-refractivity contribution < 1.29 is 18.8 Å². The van der Waals surface area contributed by atoms with Gasteiger partial charge in [-0.3, -0.25) is 0 Å². The van der Waals surface area contributed by atoms with Crippen LogP contribution in [0.25, 0.3) is 33.1 Å². The molecule has 0 atom stereocenters. The minimum Gasteiger partial charge on any atom is -0.495 e. The molecule has 0 saturated carbocycles. The van der Waals surface area contributed by atoms with Gasteiger partial charge in [0, 0.05) is 10.9 Å². The van der Waals surface area contributed by atoms with Gasteiger partial charge in [0.2, 0.25) is 0 Å². The highest BCUT2D eigenvalue weighted by atomic mass is 16.7. The van der Waals surface area contributed by atoms with E-state index in [1.807, 2.05) is 36.4 Å². The van der Waals surface area contributed by atoms with Crippen LogP contribution in [0.3, 0.4) is 0 Å². The first-order chi connectivity index (χ1) is 15.6. The number of fused-ring (bicyclic) bond motifs is 2. The summed E-state index contributed by atoms with van der Waals surface area (Å²) in [6.45, 7) is 3.92. The monoisotopic (exact) mass is 427 g/mol. The Morgan fingerprint density at radius 2 is 1.91 bits per heavy atom. The number of methoxy groups -OCH3 is 1. The SMILES string of the molecule is CCc1cccc2c(OC)c(-c3occ(C)c3C(=O)On3nnc4ccccc43)ccc12. The number of carbonyl (C=O) groups is 1. The second-order valence-corrected chi connectivity index (χ2v) is 7.46. The molecule has 0 aliphatic carbocycles. The molecular formula is C25H21N3O4. The Labute approximate surface area is 184 Å². The molecule has 0 N–H and O–H groups in total. The molecule has 0 amide bonds. The van der Waals surface area contributed by atoms with Crippen molar-refractivity contribution in [3.8, 4) is 17.1 Å². The summed E-state index contributed by atoms with van der Waals surface area (Å²) in [6.07, 6.45) is 2.45. The van der Waals surface area contributed by atoms with Crippen molar-refractivity contribution in [1.82, 2.24) is 15.2 Å². The number of aromatic nitrogens is 3. The van der Waals surface area contributed by atoms with Crippen molar-refractivity contribution in [2.45, 2.75) is 20.3 Å². The molecule has 5 aromatic rings. The Kier molecular flexibility index (Phi) is 4.86. The van der Waals surface area contributed by atoms with Gasteiger partial charge in [-0.05, 0) is 47.7 Å². The first-order valence-electron chi connectivity index (χ1n) is 10.3. The van der Waals surface area contributed by atoms with Crippen LogP contribution < -0.4 is 9.57 Å². The molecule has 0 aliphatic rings. The predicted molar refractivity (Wildman–Crippen MR) is 121 cm³/mol. The molecule has 0 fully saturated rings. The van der Waals surface area contributed by atoms with E-state index in [1.54, 1.807) is 26.2 Å². The summed E-state index contributed by atoms with van der Waals surface area (Å²) >= 11 is 0. The number of furan rings is 1. The van der Waals surface area contributed by atoms with Crippen molar-refractivity contribution >= 4 is 27.8 Å². The summed E-state index contributed by atoms with van der Waals surface area (Å²) in [6, 6.07) is 17.3. The summed E-state index contributed by atoms with van der Waals surface area (Å²) in [5.74, 6) is 0.441. The van der Waals surface area contributed by atoms with Crippen LogP contribution in [0.4, 0.5) is 0 Å². The summed E-state index contributed by atoms with van der Waals surface area (Å²) in [5.41, 5.74) is 4.09. The molecule has 160 valence electrons. The summed E-state index contributed by atoms with van der Waals surface area (Å²) in [4.78, 5) is 19.9. The van der Waals surface area contributed by atoms with Gasteiger partial charge in [-0.1, -0.05) is 48.2 Å². The third-order valence-electron chi connectivity index (χ3n) is 5.60. The van der Waals surface area contributed by atoms with Crippen LogP contribution in [-0.4, -0.2) is 28.2 Å². The Balaban J connectivity index is 1.61. The number of rotatable bonds is 5. The van der Waals surface area contributed by atoms with Crippen LogP contribution in [0.15, 0.2) is 65.3 Å². The predicted octanol–water partition coefficient (Wildman–Crippen LogP) is 4.99. The lowest BCUT2D eigenvalue weighted by atomic mass is 9.97. The van der Waals surface area contributed by atoms with E-state index in [0.717, 1.165) is 22.0 Å². The van der Waals surface area contributed by atoms with Crippen LogP contribution in [0.5, 0.6) is 5.75 Å². The van der Waals surface area contributed by atoms with E-state index in [9.17, 15) is 4.79 Å². The number of nitrogens with zero attached hydrogens (tertiary/aromatic N) is 3. The number of benzene rings is 3. The van der Waals surface area contributed by atoms with Crippen LogP contribution >= 0.6 is 0 Å². The smallest absolute Gasteiger partial charge is 0.369 e. The molecule has 0 bridgehead atoms. The minimum atomic E-state index is -0.591. The maximum atomic E-state index is 13.2. The Bertz CT molecular complexity index is 1470. The first-order valence-corrected chi connectivity index (χ1v) is 10.3. The molecule has 0 radical (unpaired) electrons.